The minimum Gasteiger partial charge on any atom is -0.492 e. The van der Waals surface area contributed by atoms with Crippen molar-refractivity contribution >= 4 is 41.5 Å². The maximum absolute atomic E-state index is 5.88. The molecule has 2 rings (SSSR count). The van der Waals surface area contributed by atoms with Crippen LogP contribution in [0.1, 0.15) is 11.1 Å². The minimum absolute atomic E-state index is 0. The van der Waals surface area contributed by atoms with Gasteiger partial charge in [0.25, 0.3) is 0 Å². The van der Waals surface area contributed by atoms with Gasteiger partial charge >= 0.3 is 0 Å². The molecule has 0 radical (unpaired) electrons. The highest BCUT2D eigenvalue weighted by atomic mass is 127. The molecule has 0 aliphatic heterocycles. The van der Waals surface area contributed by atoms with Crippen LogP contribution in [0.25, 0.3) is 0 Å². The van der Waals surface area contributed by atoms with Crippen LogP contribution in [0.5, 0.6) is 5.75 Å². The van der Waals surface area contributed by atoms with E-state index in [9.17, 15) is 0 Å². The number of rotatable bonds is 12. The van der Waals surface area contributed by atoms with Crippen LogP contribution >= 0.6 is 35.6 Å². The summed E-state index contributed by atoms with van der Waals surface area (Å²) in [5.74, 6) is 1.62. The predicted molar refractivity (Wildman–Crippen MR) is 138 cm³/mol. The normalized spacial score (nSPS) is 11.2. The Labute approximate surface area is 207 Å². The zero-order chi connectivity index (χ0) is 21.6. The molecule has 0 aliphatic rings. The van der Waals surface area contributed by atoms with Crippen LogP contribution in [0.4, 0.5) is 0 Å². The maximum Gasteiger partial charge on any atom is 0.191 e. The first-order chi connectivity index (χ1) is 14.6. The average molecular weight is 562 g/mol. The molecule has 1 heterocycles. The van der Waals surface area contributed by atoms with Crippen molar-refractivity contribution in [3.8, 4) is 5.75 Å². The molecule has 0 fully saturated rings. The van der Waals surface area contributed by atoms with Gasteiger partial charge in [0, 0.05) is 46.5 Å². The summed E-state index contributed by atoms with van der Waals surface area (Å²) in [7, 11) is 5.54. The summed E-state index contributed by atoms with van der Waals surface area (Å²) >= 11 is 5.82. The first-order valence-electron chi connectivity index (χ1n) is 10.0. The number of aliphatic imine (C=N–C) groups is 1. The van der Waals surface area contributed by atoms with Crippen molar-refractivity contribution in [2.45, 2.75) is 13.0 Å². The molecular formula is C22H33ClIN5O2. The Morgan fingerprint density at radius 2 is 1.94 bits per heavy atom. The maximum atomic E-state index is 5.88. The molecule has 9 heteroatoms. The lowest BCUT2D eigenvalue weighted by Crippen LogP contribution is -2.37. The van der Waals surface area contributed by atoms with Crippen LogP contribution in [0.15, 0.2) is 47.6 Å². The van der Waals surface area contributed by atoms with Gasteiger partial charge in [-0.3, -0.25) is 4.99 Å². The Morgan fingerprint density at radius 1 is 1.13 bits per heavy atom. The Kier molecular flexibility index (Phi) is 14.2. The highest BCUT2D eigenvalue weighted by molar-refractivity contribution is 14.0. The summed E-state index contributed by atoms with van der Waals surface area (Å²) in [5, 5.41) is 7.15. The van der Waals surface area contributed by atoms with E-state index in [1.54, 1.807) is 26.4 Å². The van der Waals surface area contributed by atoms with Crippen molar-refractivity contribution < 1.29 is 9.47 Å². The zero-order valence-corrected chi connectivity index (χ0v) is 21.5. The van der Waals surface area contributed by atoms with Gasteiger partial charge in [0.05, 0.1) is 6.61 Å². The molecule has 2 aromatic rings. The largest absolute Gasteiger partial charge is 0.492 e. The number of hydrogen-bond donors (Lipinski definition) is 2. The molecule has 7 nitrogen and oxygen atoms in total. The van der Waals surface area contributed by atoms with Crippen molar-refractivity contribution in [3.05, 3.63) is 58.9 Å². The van der Waals surface area contributed by atoms with Crippen molar-refractivity contribution in [2.75, 3.05) is 54.1 Å². The SMILES string of the molecule is CN=C(NCCc1ccc(Cl)nc1)NCc1cccc(OCCN(C)CCOC)c1.I. The Bertz CT molecular complexity index is 777. The number of hydrogen-bond acceptors (Lipinski definition) is 5. The molecule has 31 heavy (non-hydrogen) atoms. The lowest BCUT2D eigenvalue weighted by Gasteiger charge is -2.16. The molecule has 0 saturated heterocycles. The van der Waals surface area contributed by atoms with Crippen LogP contribution in [-0.4, -0.2) is 69.9 Å². The third-order valence-corrected chi connectivity index (χ3v) is 4.72. The highest BCUT2D eigenvalue weighted by Gasteiger charge is 2.03. The molecule has 0 amide bonds. The fraction of sp³-hybridized carbons (Fsp3) is 0.455. The van der Waals surface area contributed by atoms with Crippen LogP contribution < -0.4 is 15.4 Å². The number of nitrogens with zero attached hydrogens (tertiary/aromatic N) is 3. The zero-order valence-electron chi connectivity index (χ0n) is 18.4. The number of likely N-dealkylation sites (N-methyl/N-ethyl adjacent to an activating group) is 1. The van der Waals surface area contributed by atoms with E-state index in [0.29, 0.717) is 18.3 Å². The van der Waals surface area contributed by atoms with E-state index in [4.69, 9.17) is 21.1 Å². The summed E-state index contributed by atoms with van der Waals surface area (Å²) in [6.45, 7) is 4.52. The van der Waals surface area contributed by atoms with Crippen LogP contribution in [-0.2, 0) is 17.7 Å². The quantitative estimate of drug-likeness (QED) is 0.180. The molecule has 1 aromatic heterocycles. The van der Waals surface area contributed by atoms with E-state index in [2.05, 4.69) is 44.7 Å². The Morgan fingerprint density at radius 3 is 2.65 bits per heavy atom. The molecular weight excluding hydrogens is 529 g/mol. The third kappa shape index (κ3) is 11.5. The van der Waals surface area contributed by atoms with Crippen LogP contribution in [0.3, 0.4) is 0 Å². The number of ether oxygens (including phenoxy) is 2. The van der Waals surface area contributed by atoms with Gasteiger partial charge < -0.3 is 25.0 Å². The van der Waals surface area contributed by atoms with Crippen molar-refractivity contribution in [3.63, 3.8) is 0 Å². The topological polar surface area (TPSA) is 71.0 Å². The second kappa shape index (κ2) is 16.1. The molecule has 0 atom stereocenters. The van der Waals surface area contributed by atoms with E-state index >= 15 is 0 Å². The molecule has 0 spiro atoms. The van der Waals surface area contributed by atoms with E-state index in [1.165, 1.54) is 0 Å². The molecule has 172 valence electrons. The third-order valence-electron chi connectivity index (χ3n) is 4.50. The van der Waals surface area contributed by atoms with Crippen LogP contribution in [0.2, 0.25) is 5.15 Å². The smallest absolute Gasteiger partial charge is 0.191 e. The number of methoxy groups -OCH3 is 1. The number of nitrogens with one attached hydrogen (secondary N) is 2. The summed E-state index contributed by atoms with van der Waals surface area (Å²) in [6, 6.07) is 11.9. The monoisotopic (exact) mass is 561 g/mol. The predicted octanol–water partition coefficient (Wildman–Crippen LogP) is 3.22. The molecule has 1 aromatic carbocycles. The number of halogens is 2. The van der Waals surface area contributed by atoms with Crippen molar-refractivity contribution in [1.82, 2.24) is 20.5 Å². The van der Waals surface area contributed by atoms with Gasteiger partial charge in [0.1, 0.15) is 17.5 Å². The summed E-state index contributed by atoms with van der Waals surface area (Å²) < 4.78 is 11.0. The van der Waals surface area contributed by atoms with Crippen molar-refractivity contribution in [1.29, 1.82) is 0 Å². The van der Waals surface area contributed by atoms with Gasteiger partial charge in [0.2, 0.25) is 0 Å². The van der Waals surface area contributed by atoms with Crippen LogP contribution in [0, 0.1) is 0 Å². The van der Waals surface area contributed by atoms with Gasteiger partial charge in [-0.1, -0.05) is 29.8 Å². The van der Waals surface area contributed by atoms with Gasteiger partial charge in [0.15, 0.2) is 5.96 Å². The Hall–Kier alpha value is -1.62. The number of benzene rings is 1. The van der Waals surface area contributed by atoms with E-state index in [1.807, 2.05) is 18.2 Å². The second-order valence-corrected chi connectivity index (χ2v) is 7.27. The standard InChI is InChI=1S/C22H32ClN5O2.HI/c1-24-22(25-10-9-18-7-8-21(23)26-16-18)27-17-19-5-4-6-20(15-19)30-14-12-28(2)11-13-29-3;/h4-8,15-16H,9-14,17H2,1-3H3,(H2,24,25,27);1H. The summed E-state index contributed by atoms with van der Waals surface area (Å²) in [6.07, 6.45) is 2.63. The Balaban J connectivity index is 0.00000480. The molecule has 0 saturated carbocycles. The molecule has 0 bridgehead atoms. The van der Waals surface area contributed by atoms with Gasteiger partial charge in [-0.15, -0.1) is 24.0 Å². The first-order valence-corrected chi connectivity index (χ1v) is 10.4. The minimum atomic E-state index is 0. The number of pyridine rings is 1. The summed E-state index contributed by atoms with van der Waals surface area (Å²) in [4.78, 5) is 10.6. The average Bonchev–Trinajstić information content (AvgIpc) is 2.76. The van der Waals surface area contributed by atoms with Crippen molar-refractivity contribution in [2.24, 2.45) is 4.99 Å². The van der Waals surface area contributed by atoms with Gasteiger partial charge in [-0.05, 0) is 42.8 Å². The fourth-order valence-corrected chi connectivity index (χ4v) is 2.82. The lowest BCUT2D eigenvalue weighted by molar-refractivity contribution is 0.150. The molecule has 0 unspecified atom stereocenters. The fourth-order valence-electron chi connectivity index (χ4n) is 2.71. The van der Waals surface area contributed by atoms with Gasteiger partial charge in [-0.2, -0.15) is 0 Å². The highest BCUT2D eigenvalue weighted by Crippen LogP contribution is 2.13. The number of guanidine groups is 1. The molecule has 0 aliphatic carbocycles. The molecule has 2 N–H and O–H groups in total. The lowest BCUT2D eigenvalue weighted by atomic mass is 10.2. The van der Waals surface area contributed by atoms with E-state index in [-0.39, 0.29) is 24.0 Å². The summed E-state index contributed by atoms with van der Waals surface area (Å²) in [5.41, 5.74) is 2.25. The number of aromatic nitrogens is 1. The van der Waals surface area contributed by atoms with E-state index < -0.39 is 0 Å². The van der Waals surface area contributed by atoms with Gasteiger partial charge in [-0.25, -0.2) is 4.98 Å². The second-order valence-electron chi connectivity index (χ2n) is 6.88. The first kappa shape index (κ1) is 27.4. The van der Waals surface area contributed by atoms with E-state index in [0.717, 1.165) is 55.5 Å².